The number of rotatable bonds is 7. The Morgan fingerprint density at radius 1 is 1.47 bits per heavy atom. The van der Waals surface area contributed by atoms with Crippen molar-refractivity contribution in [2.45, 2.75) is 26.2 Å². The van der Waals surface area contributed by atoms with Crippen LogP contribution >= 0.6 is 0 Å². The zero-order valence-electron chi connectivity index (χ0n) is 9.89. The number of carbonyl (C=O) groups is 2. The predicted octanol–water partition coefficient (Wildman–Crippen LogP) is 1.54. The van der Waals surface area contributed by atoms with Crippen molar-refractivity contribution in [3.8, 4) is 0 Å². The predicted molar refractivity (Wildman–Crippen MR) is 61.5 cm³/mol. The monoisotopic (exact) mass is 239 g/mol. The molecule has 1 amide bonds. The molecule has 5 heteroatoms. The van der Waals surface area contributed by atoms with Crippen LogP contribution in [0.2, 0.25) is 0 Å². The summed E-state index contributed by atoms with van der Waals surface area (Å²) in [5, 5.41) is 8.70. The Morgan fingerprint density at radius 3 is 2.76 bits per heavy atom. The van der Waals surface area contributed by atoms with Gasteiger partial charge in [0.05, 0.1) is 6.26 Å². The fourth-order valence-corrected chi connectivity index (χ4v) is 1.57. The molecule has 0 saturated carbocycles. The molecule has 0 aromatic carbocycles. The first-order valence-corrected chi connectivity index (χ1v) is 5.65. The summed E-state index contributed by atoms with van der Waals surface area (Å²) >= 11 is 0. The second kappa shape index (κ2) is 6.73. The number of carboxylic acid groups (broad SMARTS) is 1. The van der Waals surface area contributed by atoms with Crippen LogP contribution in [0.3, 0.4) is 0 Å². The summed E-state index contributed by atoms with van der Waals surface area (Å²) in [6, 6.07) is 3.56. The van der Waals surface area contributed by atoms with Gasteiger partial charge in [-0.1, -0.05) is 6.92 Å². The van der Waals surface area contributed by atoms with E-state index in [9.17, 15) is 9.59 Å². The molecule has 0 fully saturated rings. The van der Waals surface area contributed by atoms with E-state index in [0.29, 0.717) is 13.0 Å². The third-order valence-corrected chi connectivity index (χ3v) is 2.34. The fourth-order valence-electron chi connectivity index (χ4n) is 1.57. The highest BCUT2D eigenvalue weighted by Gasteiger charge is 2.15. The summed E-state index contributed by atoms with van der Waals surface area (Å²) < 4.78 is 5.12. The Bertz CT molecular complexity index is 359. The van der Waals surface area contributed by atoms with Crippen LogP contribution in [0, 0.1) is 0 Å². The quantitative estimate of drug-likeness (QED) is 0.783. The van der Waals surface area contributed by atoms with Crippen LogP contribution in [-0.4, -0.2) is 35.0 Å². The van der Waals surface area contributed by atoms with Crippen molar-refractivity contribution >= 4 is 11.9 Å². The molecule has 17 heavy (non-hydrogen) atoms. The Hall–Kier alpha value is -1.78. The molecule has 0 bridgehead atoms. The number of nitrogens with zero attached hydrogens (tertiary/aromatic N) is 1. The standard InChI is InChI=1S/C12H17NO4/c1-2-7-13(9-12(15)16)11(14)6-5-10-4-3-8-17-10/h3-4,8H,2,5-7,9H2,1H3,(H,15,16). The van der Waals surface area contributed by atoms with Gasteiger partial charge in [-0.3, -0.25) is 9.59 Å². The fraction of sp³-hybridized carbons (Fsp3) is 0.500. The van der Waals surface area contributed by atoms with Crippen LogP contribution < -0.4 is 0 Å². The van der Waals surface area contributed by atoms with Crippen molar-refractivity contribution in [3.05, 3.63) is 24.2 Å². The zero-order chi connectivity index (χ0) is 12.7. The molecular weight excluding hydrogens is 222 g/mol. The van der Waals surface area contributed by atoms with Gasteiger partial charge in [-0.25, -0.2) is 0 Å². The molecule has 94 valence electrons. The molecule has 0 unspecified atom stereocenters. The van der Waals surface area contributed by atoms with Crippen LogP contribution in [0.4, 0.5) is 0 Å². The van der Waals surface area contributed by atoms with E-state index in [2.05, 4.69) is 0 Å². The number of hydrogen-bond donors (Lipinski definition) is 1. The Morgan fingerprint density at radius 2 is 2.24 bits per heavy atom. The third kappa shape index (κ3) is 4.72. The van der Waals surface area contributed by atoms with Gasteiger partial charge in [0.2, 0.25) is 5.91 Å². The molecule has 1 N–H and O–H groups in total. The largest absolute Gasteiger partial charge is 0.480 e. The topological polar surface area (TPSA) is 70.8 Å². The normalized spacial score (nSPS) is 10.2. The SMILES string of the molecule is CCCN(CC(=O)O)C(=O)CCc1ccco1. The molecule has 0 aliphatic rings. The average Bonchev–Trinajstić information content (AvgIpc) is 2.77. The van der Waals surface area contributed by atoms with Crippen molar-refractivity contribution in [1.82, 2.24) is 4.90 Å². The minimum atomic E-state index is -0.982. The summed E-state index contributed by atoms with van der Waals surface area (Å²) in [7, 11) is 0. The van der Waals surface area contributed by atoms with E-state index in [-0.39, 0.29) is 18.9 Å². The molecule has 1 aromatic heterocycles. The first-order valence-electron chi connectivity index (χ1n) is 5.65. The van der Waals surface area contributed by atoms with Gasteiger partial charge in [-0.15, -0.1) is 0 Å². The summed E-state index contributed by atoms with van der Waals surface area (Å²) in [5.74, 6) is -0.388. The first-order chi connectivity index (χ1) is 8.13. The highest BCUT2D eigenvalue weighted by atomic mass is 16.4. The Labute approximate surface area is 100 Å². The number of aryl methyl sites for hydroxylation is 1. The van der Waals surface area contributed by atoms with E-state index in [1.165, 1.54) is 4.90 Å². The first kappa shape index (κ1) is 13.3. The van der Waals surface area contributed by atoms with E-state index in [4.69, 9.17) is 9.52 Å². The molecule has 1 rings (SSSR count). The zero-order valence-corrected chi connectivity index (χ0v) is 9.89. The molecule has 1 heterocycles. The van der Waals surface area contributed by atoms with E-state index < -0.39 is 5.97 Å². The minimum absolute atomic E-state index is 0.148. The van der Waals surface area contributed by atoms with Gasteiger partial charge in [0.1, 0.15) is 12.3 Å². The van der Waals surface area contributed by atoms with Gasteiger partial charge < -0.3 is 14.4 Å². The molecule has 0 spiro atoms. The van der Waals surface area contributed by atoms with Crippen molar-refractivity contribution < 1.29 is 19.1 Å². The van der Waals surface area contributed by atoms with Gasteiger partial charge in [0, 0.05) is 19.4 Å². The Balaban J connectivity index is 2.44. The van der Waals surface area contributed by atoms with Gasteiger partial charge in [0.25, 0.3) is 0 Å². The molecular formula is C12H17NO4. The lowest BCUT2D eigenvalue weighted by atomic mass is 10.2. The minimum Gasteiger partial charge on any atom is -0.480 e. The number of carboxylic acids is 1. The second-order valence-corrected chi connectivity index (χ2v) is 3.79. The van der Waals surface area contributed by atoms with Gasteiger partial charge in [-0.05, 0) is 18.6 Å². The van der Waals surface area contributed by atoms with Crippen molar-refractivity contribution in [1.29, 1.82) is 0 Å². The van der Waals surface area contributed by atoms with Gasteiger partial charge >= 0.3 is 5.97 Å². The molecule has 0 aliphatic carbocycles. The van der Waals surface area contributed by atoms with E-state index in [1.807, 2.05) is 6.92 Å². The lowest BCUT2D eigenvalue weighted by molar-refractivity contribution is -0.144. The van der Waals surface area contributed by atoms with E-state index >= 15 is 0 Å². The number of aliphatic carboxylic acids is 1. The summed E-state index contributed by atoms with van der Waals surface area (Å²) in [6.07, 6.45) is 3.09. The number of hydrogen-bond acceptors (Lipinski definition) is 3. The smallest absolute Gasteiger partial charge is 0.323 e. The van der Waals surface area contributed by atoms with Gasteiger partial charge in [0.15, 0.2) is 0 Å². The average molecular weight is 239 g/mol. The highest BCUT2D eigenvalue weighted by molar-refractivity contribution is 5.81. The van der Waals surface area contributed by atoms with E-state index in [0.717, 1.165) is 12.2 Å². The Kier molecular flexibility index (Phi) is 5.26. The lowest BCUT2D eigenvalue weighted by Gasteiger charge is -2.19. The highest BCUT2D eigenvalue weighted by Crippen LogP contribution is 2.06. The molecule has 5 nitrogen and oxygen atoms in total. The molecule has 0 saturated heterocycles. The van der Waals surface area contributed by atoms with Crippen molar-refractivity contribution in [3.63, 3.8) is 0 Å². The summed E-state index contributed by atoms with van der Waals surface area (Å²) in [6.45, 7) is 2.16. The van der Waals surface area contributed by atoms with Crippen LogP contribution in [-0.2, 0) is 16.0 Å². The molecule has 1 aromatic rings. The third-order valence-electron chi connectivity index (χ3n) is 2.34. The summed E-state index contributed by atoms with van der Waals surface area (Å²) in [5.41, 5.74) is 0. The van der Waals surface area contributed by atoms with Crippen LogP contribution in [0.15, 0.2) is 22.8 Å². The maximum absolute atomic E-state index is 11.8. The van der Waals surface area contributed by atoms with Crippen molar-refractivity contribution in [2.24, 2.45) is 0 Å². The van der Waals surface area contributed by atoms with Gasteiger partial charge in [-0.2, -0.15) is 0 Å². The maximum atomic E-state index is 11.8. The van der Waals surface area contributed by atoms with E-state index in [1.54, 1.807) is 18.4 Å². The van der Waals surface area contributed by atoms with Crippen molar-refractivity contribution in [2.75, 3.05) is 13.1 Å². The van der Waals surface area contributed by atoms with Crippen LogP contribution in [0.1, 0.15) is 25.5 Å². The molecule has 0 atom stereocenters. The van der Waals surface area contributed by atoms with Crippen LogP contribution in [0.25, 0.3) is 0 Å². The molecule has 0 radical (unpaired) electrons. The molecule has 0 aliphatic heterocycles. The number of amides is 1. The number of furan rings is 1. The second-order valence-electron chi connectivity index (χ2n) is 3.79. The number of carbonyl (C=O) groups excluding carboxylic acids is 1. The summed E-state index contributed by atoms with van der Waals surface area (Å²) in [4.78, 5) is 23.8. The van der Waals surface area contributed by atoms with Crippen LogP contribution in [0.5, 0.6) is 0 Å². The lowest BCUT2D eigenvalue weighted by Crippen LogP contribution is -2.36. The maximum Gasteiger partial charge on any atom is 0.323 e.